The quantitative estimate of drug-likeness (QED) is 0.562. The van der Waals surface area contributed by atoms with Gasteiger partial charge in [-0.15, -0.1) is 11.3 Å². The molecular formula is C11H12N4O2S. The van der Waals surface area contributed by atoms with E-state index in [2.05, 4.69) is 20.7 Å². The lowest BCUT2D eigenvalue weighted by molar-refractivity contribution is -0.120. The molecule has 0 saturated heterocycles. The lowest BCUT2D eigenvalue weighted by Crippen LogP contribution is -2.22. The molecule has 6 nitrogen and oxygen atoms in total. The molecule has 2 aromatic rings. The number of carbonyl (C=O) groups excluding carboxylic acids is 1. The van der Waals surface area contributed by atoms with Crippen LogP contribution in [0.1, 0.15) is 16.1 Å². The third-order valence-corrected chi connectivity index (χ3v) is 3.16. The van der Waals surface area contributed by atoms with Crippen molar-refractivity contribution in [2.24, 2.45) is 5.10 Å². The molecule has 94 valence electrons. The van der Waals surface area contributed by atoms with Crippen LogP contribution in [0.4, 0.5) is 0 Å². The Morgan fingerprint density at radius 2 is 2.39 bits per heavy atom. The van der Waals surface area contributed by atoms with Crippen LogP contribution in [0.2, 0.25) is 0 Å². The van der Waals surface area contributed by atoms with Gasteiger partial charge < -0.3 is 5.10 Å². The van der Waals surface area contributed by atoms with Crippen LogP contribution in [-0.2, 0) is 11.2 Å². The molecule has 0 aliphatic carbocycles. The van der Waals surface area contributed by atoms with Crippen molar-refractivity contribution in [1.82, 2.24) is 15.6 Å². The number of H-pyrrole nitrogens is 2. The molecule has 18 heavy (non-hydrogen) atoms. The highest BCUT2D eigenvalue weighted by atomic mass is 32.1. The molecule has 0 spiro atoms. The van der Waals surface area contributed by atoms with Crippen molar-refractivity contribution in [1.29, 1.82) is 0 Å². The molecule has 0 radical (unpaired) electrons. The van der Waals surface area contributed by atoms with Crippen molar-refractivity contribution in [3.05, 3.63) is 44.0 Å². The van der Waals surface area contributed by atoms with E-state index < -0.39 is 0 Å². The number of hydrogen-bond acceptors (Lipinski definition) is 4. The predicted octanol–water partition coefficient (Wildman–Crippen LogP) is 0.766. The van der Waals surface area contributed by atoms with Gasteiger partial charge in [-0.3, -0.25) is 14.7 Å². The SMILES string of the molecule is Cc1[nH][nH]c(=O)c1CC(=O)NN=Cc1cccs1. The van der Waals surface area contributed by atoms with Gasteiger partial charge in [0.1, 0.15) is 0 Å². The van der Waals surface area contributed by atoms with Crippen LogP contribution in [0.3, 0.4) is 0 Å². The molecule has 0 aromatic carbocycles. The fourth-order valence-corrected chi connectivity index (χ4v) is 2.00. The smallest absolute Gasteiger partial charge is 0.267 e. The second-order valence-corrected chi connectivity index (χ2v) is 4.65. The summed E-state index contributed by atoms with van der Waals surface area (Å²) in [7, 11) is 0. The minimum absolute atomic E-state index is 0.00640. The molecule has 2 aromatic heterocycles. The highest BCUT2D eigenvalue weighted by Gasteiger charge is 2.10. The predicted molar refractivity (Wildman–Crippen MR) is 69.9 cm³/mol. The first-order valence-corrected chi connectivity index (χ1v) is 6.16. The highest BCUT2D eigenvalue weighted by Crippen LogP contribution is 2.04. The van der Waals surface area contributed by atoms with E-state index in [1.807, 2.05) is 17.5 Å². The monoisotopic (exact) mass is 264 g/mol. The number of aromatic amines is 2. The van der Waals surface area contributed by atoms with Crippen molar-refractivity contribution < 1.29 is 4.79 Å². The van der Waals surface area contributed by atoms with Crippen molar-refractivity contribution in [3.8, 4) is 0 Å². The zero-order valence-corrected chi connectivity index (χ0v) is 10.5. The molecule has 1 amide bonds. The number of thiophene rings is 1. The Balaban J connectivity index is 1.92. The minimum atomic E-state index is -0.323. The maximum absolute atomic E-state index is 11.6. The zero-order chi connectivity index (χ0) is 13.0. The van der Waals surface area contributed by atoms with E-state index in [1.165, 1.54) is 11.3 Å². The summed E-state index contributed by atoms with van der Waals surface area (Å²) < 4.78 is 0. The van der Waals surface area contributed by atoms with Gasteiger partial charge in [-0.05, 0) is 18.4 Å². The van der Waals surface area contributed by atoms with Crippen LogP contribution >= 0.6 is 11.3 Å². The number of nitrogens with zero attached hydrogens (tertiary/aromatic N) is 1. The van der Waals surface area contributed by atoms with E-state index in [4.69, 9.17) is 0 Å². The number of hydrogen-bond donors (Lipinski definition) is 3. The Hall–Kier alpha value is -2.15. The normalized spacial score (nSPS) is 10.9. The second kappa shape index (κ2) is 5.46. The molecule has 2 heterocycles. The third-order valence-electron chi connectivity index (χ3n) is 2.35. The van der Waals surface area contributed by atoms with E-state index in [0.29, 0.717) is 11.3 Å². The summed E-state index contributed by atoms with van der Waals surface area (Å²) in [6.45, 7) is 1.73. The maximum Gasteiger partial charge on any atom is 0.267 e. The number of nitrogens with one attached hydrogen (secondary N) is 3. The number of aromatic nitrogens is 2. The summed E-state index contributed by atoms with van der Waals surface area (Å²) >= 11 is 1.52. The topological polar surface area (TPSA) is 90.1 Å². The van der Waals surface area contributed by atoms with Crippen molar-refractivity contribution in [2.75, 3.05) is 0 Å². The highest BCUT2D eigenvalue weighted by molar-refractivity contribution is 7.11. The molecule has 0 bridgehead atoms. The fourth-order valence-electron chi connectivity index (χ4n) is 1.42. The molecule has 0 saturated carbocycles. The summed E-state index contributed by atoms with van der Waals surface area (Å²) in [5.74, 6) is -0.323. The van der Waals surface area contributed by atoms with Gasteiger partial charge in [-0.25, -0.2) is 5.43 Å². The molecule has 0 fully saturated rings. The summed E-state index contributed by atoms with van der Waals surface area (Å²) in [4.78, 5) is 23.8. The third kappa shape index (κ3) is 2.95. The first-order chi connectivity index (χ1) is 8.66. The number of aryl methyl sites for hydroxylation is 1. The number of carbonyl (C=O) groups is 1. The molecule has 7 heteroatoms. The van der Waals surface area contributed by atoms with Gasteiger partial charge in [0.25, 0.3) is 5.56 Å². The van der Waals surface area contributed by atoms with Gasteiger partial charge in [0.15, 0.2) is 0 Å². The van der Waals surface area contributed by atoms with E-state index in [9.17, 15) is 9.59 Å². The van der Waals surface area contributed by atoms with E-state index >= 15 is 0 Å². The molecule has 0 unspecified atom stereocenters. The summed E-state index contributed by atoms with van der Waals surface area (Å²) in [5.41, 5.74) is 3.20. The first-order valence-electron chi connectivity index (χ1n) is 5.28. The lowest BCUT2D eigenvalue weighted by atomic mass is 10.2. The molecular weight excluding hydrogens is 252 g/mol. The summed E-state index contributed by atoms with van der Waals surface area (Å²) in [6, 6.07) is 3.79. The minimum Gasteiger partial charge on any atom is -0.302 e. The Bertz CT molecular complexity index is 609. The van der Waals surface area contributed by atoms with Gasteiger partial charge in [-0.1, -0.05) is 6.07 Å². The van der Waals surface area contributed by atoms with Gasteiger partial charge in [0, 0.05) is 16.1 Å². The van der Waals surface area contributed by atoms with Gasteiger partial charge in [0.2, 0.25) is 5.91 Å². The largest absolute Gasteiger partial charge is 0.302 e. The first kappa shape index (κ1) is 12.3. The van der Waals surface area contributed by atoms with Gasteiger partial charge >= 0.3 is 0 Å². The average Bonchev–Trinajstić information content (AvgIpc) is 2.94. The summed E-state index contributed by atoms with van der Waals surface area (Å²) in [6.07, 6.45) is 1.57. The van der Waals surface area contributed by atoms with Gasteiger partial charge in [0.05, 0.1) is 12.6 Å². The van der Waals surface area contributed by atoms with Crippen LogP contribution in [0.15, 0.2) is 27.4 Å². The van der Waals surface area contributed by atoms with E-state index in [0.717, 1.165) is 4.88 Å². The Labute approximate surface area is 107 Å². The molecule has 0 aliphatic rings. The van der Waals surface area contributed by atoms with Crippen LogP contribution < -0.4 is 11.0 Å². The average molecular weight is 264 g/mol. The van der Waals surface area contributed by atoms with Crippen LogP contribution in [0.25, 0.3) is 0 Å². The molecule has 0 atom stereocenters. The van der Waals surface area contributed by atoms with Crippen molar-refractivity contribution in [3.63, 3.8) is 0 Å². The maximum atomic E-state index is 11.6. The summed E-state index contributed by atoms with van der Waals surface area (Å²) in [5, 5.41) is 10.8. The standard InChI is InChI=1S/C11H12N4O2S/c1-7-9(11(17)15-13-7)5-10(16)14-12-6-8-3-2-4-18-8/h2-4,6H,5H2,1H3,(H,14,16)(H2,13,15,17). The Morgan fingerprint density at radius 1 is 1.56 bits per heavy atom. The van der Waals surface area contributed by atoms with Crippen LogP contribution in [0, 0.1) is 6.92 Å². The molecule has 0 aliphatic heterocycles. The lowest BCUT2D eigenvalue weighted by Gasteiger charge is -1.97. The Morgan fingerprint density at radius 3 is 3.00 bits per heavy atom. The number of rotatable bonds is 4. The number of hydrazone groups is 1. The second-order valence-electron chi connectivity index (χ2n) is 3.67. The molecule has 2 rings (SSSR count). The van der Waals surface area contributed by atoms with Crippen molar-refractivity contribution >= 4 is 23.5 Å². The number of amides is 1. The van der Waals surface area contributed by atoms with E-state index in [1.54, 1.807) is 13.1 Å². The van der Waals surface area contributed by atoms with E-state index in [-0.39, 0.29) is 17.9 Å². The van der Waals surface area contributed by atoms with Crippen LogP contribution in [0.5, 0.6) is 0 Å². The zero-order valence-electron chi connectivity index (χ0n) is 9.69. The fraction of sp³-hybridized carbons (Fsp3) is 0.182. The van der Waals surface area contributed by atoms with Crippen LogP contribution in [-0.4, -0.2) is 22.3 Å². The van der Waals surface area contributed by atoms with Crippen molar-refractivity contribution in [2.45, 2.75) is 13.3 Å². The Kier molecular flexibility index (Phi) is 3.73. The molecule has 3 N–H and O–H groups in total. The van der Waals surface area contributed by atoms with Gasteiger partial charge in [-0.2, -0.15) is 5.10 Å².